The fraction of sp³-hybridized carbons (Fsp3) is 0.350. The summed E-state index contributed by atoms with van der Waals surface area (Å²) in [4.78, 5) is 16.7. The van der Waals surface area contributed by atoms with Crippen LogP contribution in [0.15, 0.2) is 42.6 Å². The van der Waals surface area contributed by atoms with Gasteiger partial charge >= 0.3 is 6.03 Å². The molecule has 0 radical (unpaired) electrons. The van der Waals surface area contributed by atoms with Crippen LogP contribution in [0.3, 0.4) is 0 Å². The summed E-state index contributed by atoms with van der Waals surface area (Å²) in [7, 11) is 0. The third-order valence-electron chi connectivity index (χ3n) is 4.70. The van der Waals surface area contributed by atoms with E-state index in [9.17, 15) is 4.79 Å². The van der Waals surface area contributed by atoms with Gasteiger partial charge in [0, 0.05) is 42.0 Å². The molecule has 6 heteroatoms. The molecule has 3 aromatic rings. The van der Waals surface area contributed by atoms with E-state index in [0.717, 1.165) is 35.2 Å². The number of urea groups is 1. The fourth-order valence-corrected chi connectivity index (χ4v) is 3.22. The van der Waals surface area contributed by atoms with E-state index in [1.807, 2.05) is 43.5 Å². The molecule has 0 spiro atoms. The fourth-order valence-electron chi connectivity index (χ4n) is 3.22. The summed E-state index contributed by atoms with van der Waals surface area (Å²) < 4.78 is 2.07. The number of carbonyl (C=O) groups excluding carboxylic acids is 1. The van der Waals surface area contributed by atoms with E-state index in [1.54, 1.807) is 0 Å². The molecule has 0 bridgehead atoms. The summed E-state index contributed by atoms with van der Waals surface area (Å²) in [5.74, 6) is 0.692. The zero-order valence-electron chi connectivity index (χ0n) is 14.9. The maximum Gasteiger partial charge on any atom is 0.319 e. The number of benzene rings is 1. The monoisotopic (exact) mass is 349 g/mol. The Morgan fingerprint density at radius 3 is 2.96 bits per heavy atom. The van der Waals surface area contributed by atoms with E-state index in [-0.39, 0.29) is 6.03 Å². The van der Waals surface area contributed by atoms with Crippen LogP contribution in [0.1, 0.15) is 36.6 Å². The van der Waals surface area contributed by atoms with Gasteiger partial charge in [0.2, 0.25) is 0 Å². The molecule has 0 aliphatic heterocycles. The minimum atomic E-state index is -0.194. The Morgan fingerprint density at radius 1 is 1.23 bits per heavy atom. The molecule has 1 aromatic carbocycles. The molecular formula is C20H23N5O. The van der Waals surface area contributed by atoms with Crippen LogP contribution in [0, 0.1) is 6.92 Å². The zero-order chi connectivity index (χ0) is 17.9. The first-order valence-corrected chi connectivity index (χ1v) is 9.13. The maximum atomic E-state index is 12.2. The Morgan fingerprint density at radius 2 is 2.12 bits per heavy atom. The largest absolute Gasteiger partial charge is 0.338 e. The van der Waals surface area contributed by atoms with Crippen LogP contribution < -0.4 is 10.6 Å². The summed E-state index contributed by atoms with van der Waals surface area (Å²) in [6.07, 6.45) is 5.26. The van der Waals surface area contributed by atoms with Crippen molar-refractivity contribution in [2.24, 2.45) is 0 Å². The molecule has 2 N–H and O–H groups in total. The van der Waals surface area contributed by atoms with Gasteiger partial charge in [0.25, 0.3) is 0 Å². The topological polar surface area (TPSA) is 71.8 Å². The van der Waals surface area contributed by atoms with E-state index < -0.39 is 0 Å². The van der Waals surface area contributed by atoms with Gasteiger partial charge in [0.05, 0.1) is 11.2 Å². The van der Waals surface area contributed by atoms with E-state index in [0.29, 0.717) is 12.5 Å². The average Bonchev–Trinajstić information content (AvgIpc) is 3.37. The van der Waals surface area contributed by atoms with Crippen LogP contribution in [0.5, 0.6) is 0 Å². The van der Waals surface area contributed by atoms with E-state index in [4.69, 9.17) is 0 Å². The number of carbonyl (C=O) groups is 1. The highest BCUT2D eigenvalue weighted by molar-refractivity contribution is 6.00. The van der Waals surface area contributed by atoms with Gasteiger partial charge in [0.15, 0.2) is 0 Å². The third kappa shape index (κ3) is 3.69. The Labute approximate surface area is 152 Å². The normalized spacial score (nSPS) is 13.7. The summed E-state index contributed by atoms with van der Waals surface area (Å²) in [5.41, 5.74) is 3.95. The van der Waals surface area contributed by atoms with Gasteiger partial charge < -0.3 is 10.6 Å². The number of pyridine rings is 1. The number of aromatic nitrogens is 3. The molecule has 0 saturated heterocycles. The smallest absolute Gasteiger partial charge is 0.319 e. The Kier molecular flexibility index (Phi) is 4.56. The highest BCUT2D eigenvalue weighted by Gasteiger charge is 2.26. The number of nitrogens with zero attached hydrogens (tertiary/aromatic N) is 3. The quantitative estimate of drug-likeness (QED) is 0.664. The lowest BCUT2D eigenvalue weighted by atomic mass is 10.1. The van der Waals surface area contributed by atoms with Crippen molar-refractivity contribution in [3.05, 3.63) is 54.0 Å². The zero-order valence-corrected chi connectivity index (χ0v) is 14.9. The molecule has 2 amide bonds. The Hall–Kier alpha value is -2.89. The molecule has 6 nitrogen and oxygen atoms in total. The predicted molar refractivity (Wildman–Crippen MR) is 102 cm³/mol. The lowest BCUT2D eigenvalue weighted by Crippen LogP contribution is -2.30. The van der Waals surface area contributed by atoms with Crippen molar-refractivity contribution < 1.29 is 4.79 Å². The highest BCUT2D eigenvalue weighted by Crippen LogP contribution is 2.39. The van der Waals surface area contributed by atoms with Crippen molar-refractivity contribution >= 4 is 22.6 Å². The molecule has 1 fully saturated rings. The molecule has 1 aliphatic rings. The predicted octanol–water partition coefficient (Wildman–Crippen LogP) is 3.83. The summed E-state index contributed by atoms with van der Waals surface area (Å²) >= 11 is 0. The van der Waals surface area contributed by atoms with Crippen molar-refractivity contribution in [3.63, 3.8) is 0 Å². The lowest BCUT2D eigenvalue weighted by Gasteiger charge is -2.11. The third-order valence-corrected chi connectivity index (χ3v) is 4.70. The van der Waals surface area contributed by atoms with Gasteiger partial charge in [0.1, 0.15) is 0 Å². The average molecular weight is 349 g/mol. The first kappa shape index (κ1) is 16.6. The highest BCUT2D eigenvalue weighted by atomic mass is 16.2. The molecule has 1 saturated carbocycles. The van der Waals surface area contributed by atoms with Crippen LogP contribution in [0.25, 0.3) is 10.9 Å². The van der Waals surface area contributed by atoms with E-state index in [1.165, 1.54) is 18.5 Å². The van der Waals surface area contributed by atoms with Crippen molar-refractivity contribution in [3.8, 4) is 0 Å². The SMILES string of the molecule is Cc1ccc2c(NC(=O)NCCCn3nccc3C3CC3)cccc2n1. The van der Waals surface area contributed by atoms with Crippen molar-refractivity contribution in [1.82, 2.24) is 20.1 Å². The number of hydrogen-bond donors (Lipinski definition) is 2. The number of aryl methyl sites for hydroxylation is 2. The lowest BCUT2D eigenvalue weighted by molar-refractivity contribution is 0.251. The molecule has 26 heavy (non-hydrogen) atoms. The van der Waals surface area contributed by atoms with Crippen LogP contribution in [0.4, 0.5) is 10.5 Å². The standard InChI is InChI=1S/C20H23N5O/c1-14-6-9-16-17(23-14)4-2-5-18(16)24-20(26)21-11-3-13-25-19(10-12-22-25)15-7-8-15/h2,4-6,9-10,12,15H,3,7-8,11,13H2,1H3,(H2,21,24,26). The second-order valence-electron chi connectivity index (χ2n) is 6.81. The molecule has 1 aliphatic carbocycles. The molecule has 134 valence electrons. The number of nitrogens with one attached hydrogen (secondary N) is 2. The maximum absolute atomic E-state index is 12.2. The first-order chi connectivity index (χ1) is 12.7. The Balaban J connectivity index is 1.30. The second-order valence-corrected chi connectivity index (χ2v) is 6.81. The van der Waals surface area contributed by atoms with E-state index >= 15 is 0 Å². The minimum absolute atomic E-state index is 0.194. The van der Waals surface area contributed by atoms with Crippen molar-refractivity contribution in [1.29, 1.82) is 0 Å². The van der Waals surface area contributed by atoms with Gasteiger partial charge in [-0.05, 0) is 56.5 Å². The first-order valence-electron chi connectivity index (χ1n) is 9.13. The number of hydrogen-bond acceptors (Lipinski definition) is 3. The van der Waals surface area contributed by atoms with Gasteiger partial charge in [-0.15, -0.1) is 0 Å². The van der Waals surface area contributed by atoms with Crippen molar-refractivity contribution in [2.45, 2.75) is 38.6 Å². The molecule has 2 aromatic heterocycles. The molecule has 2 heterocycles. The van der Waals surface area contributed by atoms with Crippen LogP contribution >= 0.6 is 0 Å². The molecular weight excluding hydrogens is 326 g/mol. The van der Waals surface area contributed by atoms with Crippen molar-refractivity contribution in [2.75, 3.05) is 11.9 Å². The number of amides is 2. The van der Waals surface area contributed by atoms with Gasteiger partial charge in [-0.1, -0.05) is 6.07 Å². The summed E-state index contributed by atoms with van der Waals surface area (Å²) in [6.45, 7) is 3.40. The molecule has 0 unspecified atom stereocenters. The second kappa shape index (κ2) is 7.15. The number of fused-ring (bicyclic) bond motifs is 1. The van der Waals surface area contributed by atoms with Crippen LogP contribution in [-0.2, 0) is 6.54 Å². The number of rotatable bonds is 6. The van der Waals surface area contributed by atoms with Crippen LogP contribution in [-0.4, -0.2) is 27.3 Å². The van der Waals surface area contributed by atoms with E-state index in [2.05, 4.69) is 31.5 Å². The van der Waals surface area contributed by atoms with Crippen LogP contribution in [0.2, 0.25) is 0 Å². The van der Waals surface area contributed by atoms with Gasteiger partial charge in [-0.3, -0.25) is 9.67 Å². The number of anilines is 1. The van der Waals surface area contributed by atoms with Gasteiger partial charge in [-0.2, -0.15) is 5.10 Å². The van der Waals surface area contributed by atoms with Gasteiger partial charge in [-0.25, -0.2) is 4.79 Å². The summed E-state index contributed by atoms with van der Waals surface area (Å²) in [5, 5.41) is 11.2. The summed E-state index contributed by atoms with van der Waals surface area (Å²) in [6, 6.07) is 11.6. The molecule has 0 atom stereocenters. The minimum Gasteiger partial charge on any atom is -0.338 e. The Bertz CT molecular complexity index is 929. The molecule has 4 rings (SSSR count).